The summed E-state index contributed by atoms with van der Waals surface area (Å²) >= 11 is 1.92. The lowest BCUT2D eigenvalue weighted by Gasteiger charge is -2.16. The van der Waals surface area contributed by atoms with Gasteiger partial charge in [0.15, 0.2) is 0 Å². The van der Waals surface area contributed by atoms with E-state index in [2.05, 4.69) is 21.3 Å². The fraction of sp³-hybridized carbons (Fsp3) is 0.850. The van der Waals surface area contributed by atoms with Crippen LogP contribution >= 0.6 is 33.3 Å². The van der Waals surface area contributed by atoms with E-state index in [1.165, 1.54) is 0 Å². The molecule has 2 aliphatic rings. The summed E-state index contributed by atoms with van der Waals surface area (Å²) in [6.45, 7) is 1.48. The predicted octanol–water partition coefficient (Wildman–Crippen LogP) is 2.91. The highest BCUT2D eigenvalue weighted by Gasteiger charge is 2.42. The van der Waals surface area contributed by atoms with E-state index in [0.29, 0.717) is 18.1 Å². The predicted molar refractivity (Wildman–Crippen MR) is 129 cm³/mol. The molecule has 3 unspecified atom stereocenters. The number of nitrogens with one attached hydrogen (secondary N) is 4. The molecule has 0 radical (unpaired) electrons. The summed E-state index contributed by atoms with van der Waals surface area (Å²) in [6.07, 6.45) is 10.3. The number of hydrogen-bond acceptors (Lipinski definition) is 6. The average molecular weight is 477 g/mol. The van der Waals surface area contributed by atoms with Crippen molar-refractivity contribution in [3.05, 3.63) is 0 Å². The molecule has 2 rings (SSSR count). The van der Waals surface area contributed by atoms with E-state index in [4.69, 9.17) is 0 Å². The highest BCUT2D eigenvalue weighted by atomic mass is 33.1. The molecule has 0 bridgehead atoms. The number of amides is 4. The Morgan fingerprint density at radius 1 is 1.00 bits per heavy atom. The number of urea groups is 1. The van der Waals surface area contributed by atoms with E-state index in [-0.39, 0.29) is 29.9 Å². The Morgan fingerprint density at radius 2 is 1.70 bits per heavy atom. The first kappa shape index (κ1) is 25.5. The number of carbonyl (C=O) groups is 3. The minimum atomic E-state index is -0.0414. The highest BCUT2D eigenvalue weighted by Crippen LogP contribution is 2.33. The molecule has 2 fully saturated rings. The summed E-state index contributed by atoms with van der Waals surface area (Å²) in [5, 5.41) is 12.4. The van der Waals surface area contributed by atoms with Crippen LogP contribution < -0.4 is 21.3 Å². The third kappa shape index (κ3) is 10.0. The van der Waals surface area contributed by atoms with E-state index in [1.807, 2.05) is 18.0 Å². The molecule has 0 aromatic rings. The van der Waals surface area contributed by atoms with Gasteiger partial charge >= 0.3 is 6.03 Å². The van der Waals surface area contributed by atoms with Crippen molar-refractivity contribution in [2.75, 3.05) is 30.9 Å². The molecule has 2 saturated heterocycles. The van der Waals surface area contributed by atoms with E-state index in [0.717, 1.165) is 69.5 Å². The van der Waals surface area contributed by atoms with Gasteiger partial charge in [-0.3, -0.25) is 9.59 Å². The molecule has 0 aliphatic carbocycles. The Kier molecular flexibility index (Phi) is 12.9. The Bertz CT molecular complexity index is 553. The van der Waals surface area contributed by atoms with E-state index in [9.17, 15) is 14.4 Å². The Hall–Kier alpha value is -0.740. The summed E-state index contributed by atoms with van der Waals surface area (Å²) < 4.78 is 0. The van der Waals surface area contributed by atoms with Gasteiger partial charge < -0.3 is 21.3 Å². The van der Waals surface area contributed by atoms with Crippen molar-refractivity contribution in [2.24, 2.45) is 0 Å². The summed E-state index contributed by atoms with van der Waals surface area (Å²) in [5.74, 6) is 2.12. The van der Waals surface area contributed by atoms with Gasteiger partial charge in [-0.15, -0.1) is 0 Å². The number of carbonyl (C=O) groups excluding carboxylic acids is 3. The van der Waals surface area contributed by atoms with Crippen LogP contribution in [-0.2, 0) is 9.59 Å². The zero-order valence-electron chi connectivity index (χ0n) is 17.9. The van der Waals surface area contributed by atoms with Crippen molar-refractivity contribution >= 4 is 51.2 Å². The topological polar surface area (TPSA) is 99.3 Å². The molecule has 7 nitrogen and oxygen atoms in total. The summed E-state index contributed by atoms with van der Waals surface area (Å²) in [6, 6.07) is 0.486. The molecule has 4 amide bonds. The Labute approximate surface area is 192 Å². The minimum Gasteiger partial charge on any atom is -0.356 e. The molecule has 0 spiro atoms. The molecule has 0 aromatic carbocycles. The SMILES string of the molecule is CSSCCC(=O)NCCCCCCNC(=O)CCCCC1SCC2NC(=O)NC21. The summed E-state index contributed by atoms with van der Waals surface area (Å²) in [4.78, 5) is 34.9. The number of unbranched alkanes of at least 4 members (excludes halogenated alkanes) is 4. The average Bonchev–Trinajstić information content (AvgIpc) is 3.27. The molecule has 30 heavy (non-hydrogen) atoms. The van der Waals surface area contributed by atoms with Gasteiger partial charge in [-0.25, -0.2) is 4.79 Å². The van der Waals surface area contributed by atoms with Crippen molar-refractivity contribution in [3.8, 4) is 0 Å². The first-order chi connectivity index (χ1) is 14.6. The van der Waals surface area contributed by atoms with Crippen LogP contribution in [-0.4, -0.2) is 66.0 Å². The quantitative estimate of drug-likeness (QED) is 0.155. The zero-order chi connectivity index (χ0) is 21.6. The molecule has 10 heteroatoms. The van der Waals surface area contributed by atoms with Crippen LogP contribution in [0.5, 0.6) is 0 Å². The fourth-order valence-electron chi connectivity index (χ4n) is 3.73. The molecular formula is C20H36N4O3S3. The van der Waals surface area contributed by atoms with Gasteiger partial charge in [0.2, 0.25) is 11.8 Å². The monoisotopic (exact) mass is 476 g/mol. The van der Waals surface area contributed by atoms with Crippen LogP contribution in [0.2, 0.25) is 0 Å². The standard InChI is InChI=1S/C20H36N4O3S3/c1-28-30-13-10-18(26)22-12-7-3-2-6-11-21-17(25)9-5-4-8-16-19-15(14-29-16)23-20(27)24-19/h15-16,19H,2-14H2,1H3,(H,21,25)(H,22,26)(H2,23,24,27). The lowest BCUT2D eigenvalue weighted by Crippen LogP contribution is -2.36. The molecular weight excluding hydrogens is 440 g/mol. The van der Waals surface area contributed by atoms with Crippen LogP contribution in [0.3, 0.4) is 0 Å². The third-order valence-electron chi connectivity index (χ3n) is 5.36. The van der Waals surface area contributed by atoms with Crippen molar-refractivity contribution in [2.45, 2.75) is 75.1 Å². The summed E-state index contributed by atoms with van der Waals surface area (Å²) in [7, 11) is 3.40. The van der Waals surface area contributed by atoms with Crippen molar-refractivity contribution < 1.29 is 14.4 Å². The largest absolute Gasteiger partial charge is 0.356 e. The lowest BCUT2D eigenvalue weighted by molar-refractivity contribution is -0.121. The van der Waals surface area contributed by atoms with Crippen molar-refractivity contribution in [1.82, 2.24) is 21.3 Å². The molecule has 3 atom stereocenters. The molecule has 2 heterocycles. The van der Waals surface area contributed by atoms with E-state index >= 15 is 0 Å². The second kappa shape index (κ2) is 15.1. The second-order valence-electron chi connectivity index (χ2n) is 7.72. The van der Waals surface area contributed by atoms with Gasteiger partial charge in [0.25, 0.3) is 0 Å². The van der Waals surface area contributed by atoms with Crippen LogP contribution in [0.1, 0.15) is 57.8 Å². The number of hydrogen-bond donors (Lipinski definition) is 4. The molecule has 4 N–H and O–H groups in total. The summed E-state index contributed by atoms with van der Waals surface area (Å²) in [5.41, 5.74) is 0. The lowest BCUT2D eigenvalue weighted by atomic mass is 10.0. The van der Waals surface area contributed by atoms with Gasteiger partial charge in [0.05, 0.1) is 12.1 Å². The number of thioether (sulfide) groups is 1. The molecule has 172 valence electrons. The number of fused-ring (bicyclic) bond motifs is 1. The molecule has 0 aromatic heterocycles. The van der Waals surface area contributed by atoms with Gasteiger partial charge in [-0.2, -0.15) is 11.8 Å². The second-order valence-corrected chi connectivity index (χ2v) is 11.7. The maximum atomic E-state index is 11.9. The van der Waals surface area contributed by atoms with Gasteiger partial charge in [0, 0.05) is 42.7 Å². The first-order valence-corrected chi connectivity index (χ1v) is 14.8. The van der Waals surface area contributed by atoms with Gasteiger partial charge in [0.1, 0.15) is 0 Å². The van der Waals surface area contributed by atoms with Gasteiger partial charge in [-0.1, -0.05) is 40.9 Å². The van der Waals surface area contributed by atoms with E-state index in [1.54, 1.807) is 21.6 Å². The van der Waals surface area contributed by atoms with Crippen LogP contribution in [0.25, 0.3) is 0 Å². The van der Waals surface area contributed by atoms with E-state index < -0.39 is 0 Å². The highest BCUT2D eigenvalue weighted by molar-refractivity contribution is 8.76. The Morgan fingerprint density at radius 3 is 2.40 bits per heavy atom. The van der Waals surface area contributed by atoms with Crippen LogP contribution in [0.15, 0.2) is 0 Å². The maximum Gasteiger partial charge on any atom is 0.315 e. The maximum absolute atomic E-state index is 11.9. The van der Waals surface area contributed by atoms with Crippen LogP contribution in [0.4, 0.5) is 4.79 Å². The van der Waals surface area contributed by atoms with Crippen LogP contribution in [0, 0.1) is 0 Å². The van der Waals surface area contributed by atoms with Gasteiger partial charge in [-0.05, 0) is 31.9 Å². The van der Waals surface area contributed by atoms with Crippen molar-refractivity contribution in [3.63, 3.8) is 0 Å². The van der Waals surface area contributed by atoms with Crippen molar-refractivity contribution in [1.29, 1.82) is 0 Å². The molecule has 2 aliphatic heterocycles. The molecule has 0 saturated carbocycles. The normalized spacial score (nSPS) is 22.3. The zero-order valence-corrected chi connectivity index (χ0v) is 20.3. The smallest absolute Gasteiger partial charge is 0.315 e. The fourth-order valence-corrected chi connectivity index (χ4v) is 6.46. The minimum absolute atomic E-state index is 0.0414. The first-order valence-electron chi connectivity index (χ1n) is 11.0. The Balaban J connectivity index is 1.35. The number of rotatable bonds is 16. The third-order valence-corrected chi connectivity index (χ3v) is 8.68.